The minimum atomic E-state index is -0.528. The van der Waals surface area contributed by atoms with Crippen LogP contribution in [0.15, 0.2) is 72.8 Å². The molecule has 4 rings (SSSR count). The Morgan fingerprint density at radius 3 is 2.43 bits per heavy atom. The third-order valence-electron chi connectivity index (χ3n) is 8.07. The number of aliphatic hydroxyl groups is 1. The zero-order chi connectivity index (χ0) is 29.6. The van der Waals surface area contributed by atoms with E-state index in [2.05, 4.69) is 23.5 Å². The molecule has 2 heterocycles. The Bertz CT molecular complexity index is 1160. The maximum atomic E-state index is 13.6. The number of hydrogen-bond donors (Lipinski definition) is 2. The first-order chi connectivity index (χ1) is 20.5. The maximum Gasteiger partial charge on any atom is 0.309 e. The molecule has 226 valence electrons. The Hall–Kier alpha value is -3.10. The standard InChI is InChI=1S/C34H44N2O5S/c37-22-31-18-11-19-36(31)32(38)21-28-16-9-1-2-10-17-29(20-26-12-5-3-6-13-26)34(40)41-23-30(35-33(28)39)25-42-24-27-14-7-4-8-15-27/h1,3-9,12-15,28-31,37H,2,10-11,16-25H2,(H,35,39)/t28-,29-,30-,31+/m1/s1. The second-order valence-corrected chi connectivity index (χ2v) is 12.4. The summed E-state index contributed by atoms with van der Waals surface area (Å²) in [5.74, 6) is 0.0513. The molecule has 0 aliphatic carbocycles. The van der Waals surface area contributed by atoms with E-state index < -0.39 is 5.92 Å². The Kier molecular flexibility index (Phi) is 13.0. The number of cyclic esters (lactones) is 1. The number of hydrogen-bond acceptors (Lipinski definition) is 6. The lowest BCUT2D eigenvalue weighted by Crippen LogP contribution is -2.45. The second kappa shape index (κ2) is 17.1. The van der Waals surface area contributed by atoms with Gasteiger partial charge in [0.25, 0.3) is 0 Å². The Labute approximate surface area is 254 Å². The quantitative estimate of drug-likeness (QED) is 0.317. The van der Waals surface area contributed by atoms with E-state index in [0.717, 1.165) is 43.4 Å². The molecule has 2 aliphatic rings. The maximum absolute atomic E-state index is 13.6. The molecule has 4 atom stereocenters. The van der Waals surface area contributed by atoms with Crippen LogP contribution in [-0.4, -0.2) is 65.4 Å². The molecule has 2 N–H and O–H groups in total. The molecule has 1 saturated heterocycles. The lowest BCUT2D eigenvalue weighted by atomic mass is 9.93. The molecule has 1 fully saturated rings. The molecular weight excluding hydrogens is 548 g/mol. The van der Waals surface area contributed by atoms with Crippen molar-refractivity contribution in [2.45, 2.75) is 69.2 Å². The minimum Gasteiger partial charge on any atom is -0.463 e. The smallest absolute Gasteiger partial charge is 0.309 e. The number of thioether (sulfide) groups is 1. The number of amides is 2. The van der Waals surface area contributed by atoms with Crippen molar-refractivity contribution in [1.82, 2.24) is 10.2 Å². The number of ether oxygens (including phenoxy) is 1. The molecule has 2 amide bonds. The SMILES string of the molecule is O=C1N[C@@H](CSCc2ccccc2)COC(=O)[C@@H](Cc2ccccc2)CCCC=CC[C@@H]1CC(=O)N1CCC[C@H]1CO. The zero-order valence-corrected chi connectivity index (χ0v) is 25.2. The van der Waals surface area contributed by atoms with Crippen LogP contribution >= 0.6 is 11.8 Å². The molecule has 0 radical (unpaired) electrons. The van der Waals surface area contributed by atoms with Crippen molar-refractivity contribution in [3.63, 3.8) is 0 Å². The molecule has 0 saturated carbocycles. The molecule has 2 aromatic carbocycles. The van der Waals surface area contributed by atoms with Gasteiger partial charge in [0.05, 0.1) is 30.5 Å². The molecule has 0 bridgehead atoms. The fourth-order valence-corrected chi connectivity index (χ4v) is 6.68. The van der Waals surface area contributed by atoms with Crippen LogP contribution < -0.4 is 5.32 Å². The highest BCUT2D eigenvalue weighted by Gasteiger charge is 2.32. The predicted molar refractivity (Wildman–Crippen MR) is 167 cm³/mol. The van der Waals surface area contributed by atoms with Gasteiger partial charge < -0.3 is 20.1 Å². The number of esters is 1. The van der Waals surface area contributed by atoms with Crippen molar-refractivity contribution in [3.8, 4) is 0 Å². The van der Waals surface area contributed by atoms with Gasteiger partial charge in [0.1, 0.15) is 6.61 Å². The first kappa shape index (κ1) is 31.8. The van der Waals surface area contributed by atoms with E-state index in [4.69, 9.17) is 4.74 Å². The summed E-state index contributed by atoms with van der Waals surface area (Å²) in [5, 5.41) is 12.8. The average Bonchev–Trinajstić information content (AvgIpc) is 3.50. The third kappa shape index (κ3) is 10.0. The van der Waals surface area contributed by atoms with Gasteiger partial charge in [-0.25, -0.2) is 0 Å². The van der Waals surface area contributed by atoms with Crippen molar-refractivity contribution in [1.29, 1.82) is 0 Å². The van der Waals surface area contributed by atoms with Crippen LogP contribution in [0.4, 0.5) is 0 Å². The Balaban J connectivity index is 1.46. The number of allylic oxidation sites excluding steroid dienone is 2. The topological polar surface area (TPSA) is 95.9 Å². The van der Waals surface area contributed by atoms with Crippen LogP contribution in [0.2, 0.25) is 0 Å². The normalized spacial score (nSPS) is 24.1. The molecule has 2 aliphatic heterocycles. The number of nitrogens with zero attached hydrogens (tertiary/aromatic N) is 1. The van der Waals surface area contributed by atoms with Crippen LogP contribution in [0.3, 0.4) is 0 Å². The Morgan fingerprint density at radius 2 is 1.69 bits per heavy atom. The van der Waals surface area contributed by atoms with Gasteiger partial charge in [0.2, 0.25) is 11.8 Å². The van der Waals surface area contributed by atoms with E-state index in [1.54, 1.807) is 16.7 Å². The first-order valence-corrected chi connectivity index (χ1v) is 16.4. The van der Waals surface area contributed by atoms with Crippen LogP contribution in [-0.2, 0) is 31.3 Å². The highest BCUT2D eigenvalue weighted by molar-refractivity contribution is 7.98. The van der Waals surface area contributed by atoms with E-state index in [0.29, 0.717) is 25.1 Å². The summed E-state index contributed by atoms with van der Waals surface area (Å²) in [4.78, 5) is 41.8. The van der Waals surface area contributed by atoms with Crippen molar-refractivity contribution >= 4 is 29.5 Å². The predicted octanol–water partition coefficient (Wildman–Crippen LogP) is 4.93. The number of benzene rings is 2. The summed E-state index contributed by atoms with van der Waals surface area (Å²) < 4.78 is 5.87. The average molecular weight is 593 g/mol. The summed E-state index contributed by atoms with van der Waals surface area (Å²) in [6.07, 6.45) is 9.24. The summed E-state index contributed by atoms with van der Waals surface area (Å²) in [6.45, 7) is 0.653. The summed E-state index contributed by atoms with van der Waals surface area (Å²) in [6, 6.07) is 19.6. The largest absolute Gasteiger partial charge is 0.463 e. The first-order valence-electron chi connectivity index (χ1n) is 15.2. The fourth-order valence-electron chi connectivity index (χ4n) is 5.67. The lowest BCUT2D eigenvalue weighted by Gasteiger charge is -2.27. The molecule has 0 spiro atoms. The van der Waals surface area contributed by atoms with Crippen molar-refractivity contribution < 1.29 is 24.2 Å². The number of rotatable bonds is 9. The van der Waals surface area contributed by atoms with E-state index in [1.165, 1.54) is 5.56 Å². The van der Waals surface area contributed by atoms with Gasteiger partial charge in [-0.15, -0.1) is 0 Å². The molecular formula is C34H44N2O5S. The van der Waals surface area contributed by atoms with Crippen molar-refractivity contribution in [2.75, 3.05) is 25.5 Å². The van der Waals surface area contributed by atoms with Gasteiger partial charge in [-0.1, -0.05) is 72.8 Å². The highest BCUT2D eigenvalue weighted by atomic mass is 32.2. The number of nitrogens with one attached hydrogen (secondary N) is 1. The number of aliphatic hydroxyl groups excluding tert-OH is 1. The molecule has 2 aromatic rings. The number of likely N-dealkylation sites (tertiary alicyclic amines) is 1. The van der Waals surface area contributed by atoms with Gasteiger partial charge in [-0.2, -0.15) is 11.8 Å². The van der Waals surface area contributed by atoms with Crippen LogP contribution in [0.25, 0.3) is 0 Å². The van der Waals surface area contributed by atoms with E-state index in [9.17, 15) is 19.5 Å². The summed E-state index contributed by atoms with van der Waals surface area (Å²) in [7, 11) is 0. The molecule has 42 heavy (non-hydrogen) atoms. The third-order valence-corrected chi connectivity index (χ3v) is 9.25. The van der Waals surface area contributed by atoms with Crippen LogP contribution in [0.5, 0.6) is 0 Å². The van der Waals surface area contributed by atoms with Gasteiger partial charge >= 0.3 is 5.97 Å². The van der Waals surface area contributed by atoms with Crippen LogP contribution in [0, 0.1) is 11.8 Å². The van der Waals surface area contributed by atoms with Gasteiger partial charge in [-0.3, -0.25) is 14.4 Å². The van der Waals surface area contributed by atoms with Gasteiger partial charge in [-0.05, 0) is 56.1 Å². The van der Waals surface area contributed by atoms with Gasteiger partial charge in [0.15, 0.2) is 0 Å². The fraction of sp³-hybridized carbons (Fsp3) is 0.500. The van der Waals surface area contributed by atoms with Crippen molar-refractivity contribution in [3.05, 3.63) is 83.9 Å². The highest BCUT2D eigenvalue weighted by Crippen LogP contribution is 2.23. The van der Waals surface area contributed by atoms with Crippen LogP contribution in [0.1, 0.15) is 56.1 Å². The van der Waals surface area contributed by atoms with E-state index in [-0.39, 0.29) is 55.4 Å². The number of carbonyl (C=O) groups excluding carboxylic acids is 3. The lowest BCUT2D eigenvalue weighted by molar-refractivity contribution is -0.150. The molecule has 8 heteroatoms. The van der Waals surface area contributed by atoms with E-state index in [1.807, 2.05) is 54.6 Å². The monoisotopic (exact) mass is 592 g/mol. The molecule has 7 nitrogen and oxygen atoms in total. The minimum absolute atomic E-state index is 0.0557. The zero-order valence-electron chi connectivity index (χ0n) is 24.4. The van der Waals surface area contributed by atoms with Gasteiger partial charge in [0, 0.05) is 24.5 Å². The second-order valence-electron chi connectivity index (χ2n) is 11.3. The molecule has 0 aromatic heterocycles. The summed E-state index contributed by atoms with van der Waals surface area (Å²) >= 11 is 1.68. The van der Waals surface area contributed by atoms with E-state index >= 15 is 0 Å². The van der Waals surface area contributed by atoms with Crippen molar-refractivity contribution in [2.24, 2.45) is 11.8 Å². The molecule has 0 unspecified atom stereocenters. The Morgan fingerprint density at radius 1 is 0.952 bits per heavy atom. The summed E-state index contributed by atoms with van der Waals surface area (Å²) in [5.41, 5.74) is 2.29. The number of carbonyl (C=O) groups is 3.